The molecule has 6 heteroatoms. The van der Waals surface area contributed by atoms with Crippen LogP contribution in [-0.2, 0) is 58.0 Å². The van der Waals surface area contributed by atoms with Gasteiger partial charge in [0, 0.05) is 36.9 Å². The minimum atomic E-state index is -0.0568. The third-order valence-corrected chi connectivity index (χ3v) is 13.8. The average molecular weight is 823 g/mol. The highest BCUT2D eigenvalue weighted by molar-refractivity contribution is 6.26. The van der Waals surface area contributed by atoms with Crippen molar-refractivity contribution in [3.05, 3.63) is 152 Å². The van der Waals surface area contributed by atoms with Gasteiger partial charge in [-0.2, -0.15) is 0 Å². The largest absolute Gasteiger partial charge is 0.492 e. The summed E-state index contributed by atoms with van der Waals surface area (Å²) in [6.45, 7) is 14.2. The SMILES string of the molecule is CCc1cc(C)cc(CC)c1C1=C(OCc2ccccc2)C2CC(CCO)CC2C1=O.CCc1cc(C)cc(CC)c1C1=C(OCc2ccccc2)C2CC(CO)CC2C1=O. The van der Waals surface area contributed by atoms with E-state index in [1.54, 1.807) is 0 Å². The van der Waals surface area contributed by atoms with Gasteiger partial charge in [-0.1, -0.05) is 124 Å². The van der Waals surface area contributed by atoms with E-state index in [1.807, 2.05) is 36.4 Å². The molecule has 6 atom stereocenters. The summed E-state index contributed by atoms with van der Waals surface area (Å²) in [5, 5.41) is 19.1. The molecule has 61 heavy (non-hydrogen) atoms. The van der Waals surface area contributed by atoms with E-state index in [0.29, 0.717) is 19.1 Å². The van der Waals surface area contributed by atoms with E-state index in [1.165, 1.54) is 33.4 Å². The number of aliphatic hydroxyl groups is 2. The highest BCUT2D eigenvalue weighted by Gasteiger charge is 2.51. The highest BCUT2D eigenvalue weighted by atomic mass is 16.5. The maximum absolute atomic E-state index is 13.8. The normalized spacial score (nSPS) is 23.0. The predicted octanol–water partition coefficient (Wildman–Crippen LogP) is 10.9. The van der Waals surface area contributed by atoms with Gasteiger partial charge in [0.05, 0.1) is 11.1 Å². The summed E-state index contributed by atoms with van der Waals surface area (Å²) in [6.07, 6.45) is 7.73. The molecule has 322 valence electrons. The Balaban J connectivity index is 0.000000184. The molecule has 4 aromatic rings. The first kappa shape index (κ1) is 44.3. The molecule has 8 rings (SSSR count). The van der Waals surface area contributed by atoms with Gasteiger partial charge in [-0.05, 0) is 128 Å². The van der Waals surface area contributed by atoms with E-state index < -0.39 is 0 Å². The summed E-state index contributed by atoms with van der Waals surface area (Å²) in [5.41, 5.74) is 13.5. The van der Waals surface area contributed by atoms with Crippen LogP contribution in [0.5, 0.6) is 0 Å². The molecule has 0 aromatic heterocycles. The van der Waals surface area contributed by atoms with Gasteiger partial charge in [0.2, 0.25) is 0 Å². The molecule has 2 N–H and O–H groups in total. The summed E-state index contributed by atoms with van der Waals surface area (Å²) in [4.78, 5) is 27.5. The fraction of sp³-hybridized carbons (Fsp3) is 0.455. The Hall–Kier alpha value is -4.78. The molecule has 2 fully saturated rings. The topological polar surface area (TPSA) is 93.1 Å². The minimum Gasteiger partial charge on any atom is -0.492 e. The Kier molecular flexibility index (Phi) is 14.5. The quantitative estimate of drug-likeness (QED) is 0.124. The third kappa shape index (κ3) is 9.22. The second-order valence-electron chi connectivity index (χ2n) is 17.9. The minimum absolute atomic E-state index is 0.00645. The number of carbonyl (C=O) groups excluding carboxylic acids is 2. The number of allylic oxidation sites excluding steroid dienone is 4. The predicted molar refractivity (Wildman–Crippen MR) is 244 cm³/mol. The molecule has 0 radical (unpaired) electrons. The van der Waals surface area contributed by atoms with Crippen molar-refractivity contribution in [2.45, 2.75) is 113 Å². The van der Waals surface area contributed by atoms with Gasteiger partial charge in [-0.25, -0.2) is 0 Å². The second-order valence-corrected chi connectivity index (χ2v) is 17.9. The number of ether oxygens (including phenoxy) is 2. The Labute approximate surface area is 364 Å². The van der Waals surface area contributed by atoms with Gasteiger partial charge in [-0.3, -0.25) is 9.59 Å². The lowest BCUT2D eigenvalue weighted by molar-refractivity contribution is -0.118. The molecular formula is C55H66O6. The van der Waals surface area contributed by atoms with Gasteiger partial charge < -0.3 is 19.7 Å². The molecule has 4 aliphatic rings. The van der Waals surface area contributed by atoms with Crippen molar-refractivity contribution in [2.24, 2.45) is 35.5 Å². The van der Waals surface area contributed by atoms with Gasteiger partial charge >= 0.3 is 0 Å². The number of aryl methyl sites for hydroxylation is 6. The monoisotopic (exact) mass is 822 g/mol. The van der Waals surface area contributed by atoms with Gasteiger partial charge in [0.1, 0.15) is 24.7 Å². The zero-order valence-corrected chi connectivity index (χ0v) is 37.3. The zero-order valence-electron chi connectivity index (χ0n) is 37.3. The summed E-state index contributed by atoms with van der Waals surface area (Å²) < 4.78 is 12.9. The van der Waals surface area contributed by atoms with Crippen LogP contribution in [0.4, 0.5) is 0 Å². The van der Waals surface area contributed by atoms with Crippen LogP contribution in [0.2, 0.25) is 0 Å². The molecule has 0 heterocycles. The van der Waals surface area contributed by atoms with Crippen molar-refractivity contribution in [3.63, 3.8) is 0 Å². The highest BCUT2D eigenvalue weighted by Crippen LogP contribution is 2.54. The number of rotatable bonds is 15. The van der Waals surface area contributed by atoms with Crippen LogP contribution in [-0.4, -0.2) is 35.0 Å². The van der Waals surface area contributed by atoms with Gasteiger partial charge in [0.15, 0.2) is 11.6 Å². The maximum atomic E-state index is 13.8. The number of ketones is 2. The molecule has 0 aliphatic heterocycles. The van der Waals surface area contributed by atoms with Crippen LogP contribution < -0.4 is 0 Å². The Morgan fingerprint density at radius 2 is 0.885 bits per heavy atom. The summed E-state index contributed by atoms with van der Waals surface area (Å²) in [7, 11) is 0. The zero-order chi connectivity index (χ0) is 43.2. The van der Waals surface area contributed by atoms with Crippen LogP contribution in [0.3, 0.4) is 0 Å². The van der Waals surface area contributed by atoms with Crippen molar-refractivity contribution in [1.29, 1.82) is 0 Å². The van der Waals surface area contributed by atoms with Gasteiger partial charge in [-0.15, -0.1) is 0 Å². The summed E-state index contributed by atoms with van der Waals surface area (Å²) in [5.74, 6) is 2.97. The number of fused-ring (bicyclic) bond motifs is 2. The molecule has 0 saturated heterocycles. The third-order valence-electron chi connectivity index (χ3n) is 13.8. The van der Waals surface area contributed by atoms with E-state index in [0.717, 1.165) is 103 Å². The van der Waals surface area contributed by atoms with Crippen LogP contribution >= 0.6 is 0 Å². The lowest BCUT2D eigenvalue weighted by atomic mass is 9.87. The maximum Gasteiger partial charge on any atom is 0.170 e. The molecule has 0 amide bonds. The Bertz CT molecular complexity index is 2200. The van der Waals surface area contributed by atoms with Crippen molar-refractivity contribution in [3.8, 4) is 0 Å². The Morgan fingerprint density at radius 3 is 1.25 bits per heavy atom. The number of aliphatic hydroxyl groups excluding tert-OH is 2. The molecule has 6 unspecified atom stereocenters. The van der Waals surface area contributed by atoms with Crippen molar-refractivity contribution >= 4 is 22.7 Å². The number of carbonyl (C=O) groups is 2. The van der Waals surface area contributed by atoms with Crippen LogP contribution in [0.25, 0.3) is 11.1 Å². The molecule has 2 saturated carbocycles. The lowest BCUT2D eigenvalue weighted by Gasteiger charge is -2.20. The summed E-state index contributed by atoms with van der Waals surface area (Å²) in [6, 6.07) is 29.2. The first-order chi connectivity index (χ1) is 29.6. The van der Waals surface area contributed by atoms with Crippen molar-refractivity contribution in [1.82, 2.24) is 0 Å². The number of benzene rings is 4. The fourth-order valence-electron chi connectivity index (χ4n) is 11.0. The van der Waals surface area contributed by atoms with Crippen molar-refractivity contribution < 1.29 is 29.3 Å². The van der Waals surface area contributed by atoms with E-state index in [-0.39, 0.29) is 54.4 Å². The first-order valence-electron chi connectivity index (χ1n) is 23.0. The number of hydrogen-bond donors (Lipinski definition) is 2. The molecule has 0 bridgehead atoms. The standard InChI is InChI=1S/C28H34O3.C27H32O3/c1-4-21-13-18(3)14-22(5-2)25(21)26-27(30)23-15-20(11-12-29)16-24(23)28(26)31-17-19-9-7-6-8-10-19;1-4-20-11-17(3)12-21(5-2)24(20)25-26(29)22-13-19(15-28)14-23(22)27(25)30-16-18-9-7-6-8-10-18/h6-10,13-14,20,23-24,29H,4-5,11-12,15-17H2,1-3H3;6-12,19,22-23,28H,4-5,13-16H2,1-3H3. The molecular weight excluding hydrogens is 757 g/mol. The van der Waals surface area contributed by atoms with E-state index >= 15 is 0 Å². The van der Waals surface area contributed by atoms with Crippen LogP contribution in [0.1, 0.15) is 115 Å². The summed E-state index contributed by atoms with van der Waals surface area (Å²) >= 11 is 0. The average Bonchev–Trinajstić information content (AvgIpc) is 4.02. The molecule has 0 spiro atoms. The second kappa shape index (κ2) is 19.9. The van der Waals surface area contributed by atoms with Crippen LogP contribution in [0.15, 0.2) is 96.4 Å². The van der Waals surface area contributed by atoms with Crippen LogP contribution in [0, 0.1) is 49.4 Å². The van der Waals surface area contributed by atoms with E-state index in [9.17, 15) is 19.8 Å². The fourth-order valence-corrected chi connectivity index (χ4v) is 11.0. The molecule has 4 aromatic carbocycles. The van der Waals surface area contributed by atoms with E-state index in [2.05, 4.69) is 90.1 Å². The first-order valence-corrected chi connectivity index (χ1v) is 23.0. The molecule has 4 aliphatic carbocycles. The van der Waals surface area contributed by atoms with E-state index in [4.69, 9.17) is 9.47 Å². The lowest BCUT2D eigenvalue weighted by Crippen LogP contribution is -2.14. The number of Topliss-reactive ketones (excluding diaryl/α,β-unsaturated/α-hetero) is 2. The van der Waals surface area contributed by atoms with Gasteiger partial charge in [0.25, 0.3) is 0 Å². The van der Waals surface area contributed by atoms with Crippen molar-refractivity contribution in [2.75, 3.05) is 13.2 Å². The Morgan fingerprint density at radius 1 is 0.525 bits per heavy atom. The molecule has 6 nitrogen and oxygen atoms in total. The number of hydrogen-bond acceptors (Lipinski definition) is 6. The smallest absolute Gasteiger partial charge is 0.170 e.